The number of carbonyl (C=O) groups excluding carboxylic acids is 2. The normalized spacial score (nSPS) is 23.6. The summed E-state index contributed by atoms with van der Waals surface area (Å²) in [5.74, 6) is 1.44. The number of esters is 1. The Hall–Kier alpha value is -1.84. The second-order valence-electron chi connectivity index (χ2n) is 6.92. The molecule has 4 heteroatoms. The summed E-state index contributed by atoms with van der Waals surface area (Å²) in [7, 11) is 0. The molecule has 0 N–H and O–H groups in total. The molecule has 0 radical (unpaired) electrons. The average molecular weight is 330 g/mol. The molecule has 2 saturated carbocycles. The van der Waals surface area contributed by atoms with Crippen molar-refractivity contribution < 1.29 is 19.1 Å². The van der Waals surface area contributed by atoms with Gasteiger partial charge in [0, 0.05) is 5.56 Å². The zero-order valence-electron chi connectivity index (χ0n) is 14.5. The predicted octanol–water partition coefficient (Wildman–Crippen LogP) is 4.27. The van der Waals surface area contributed by atoms with E-state index >= 15 is 0 Å². The SMILES string of the molecule is CCOC(=O)[C@H]1CC[C@@H](Oc2ccc(C(C)=O)c(C3CC3)c2)CC1. The summed E-state index contributed by atoms with van der Waals surface area (Å²) < 4.78 is 11.2. The van der Waals surface area contributed by atoms with Crippen molar-refractivity contribution in [3.8, 4) is 5.75 Å². The molecule has 0 aromatic heterocycles. The molecule has 2 aliphatic carbocycles. The maximum atomic E-state index is 11.8. The molecule has 0 spiro atoms. The number of ether oxygens (including phenoxy) is 2. The van der Waals surface area contributed by atoms with Crippen molar-refractivity contribution in [2.75, 3.05) is 6.61 Å². The molecule has 0 atom stereocenters. The fraction of sp³-hybridized carbons (Fsp3) is 0.600. The van der Waals surface area contributed by atoms with Crippen LogP contribution in [0.4, 0.5) is 0 Å². The van der Waals surface area contributed by atoms with Gasteiger partial charge in [0.2, 0.25) is 0 Å². The number of ketones is 1. The molecule has 4 nitrogen and oxygen atoms in total. The van der Waals surface area contributed by atoms with E-state index in [0.717, 1.165) is 55.4 Å². The quantitative estimate of drug-likeness (QED) is 0.577. The van der Waals surface area contributed by atoms with Crippen LogP contribution in [-0.2, 0) is 9.53 Å². The minimum Gasteiger partial charge on any atom is -0.490 e. The number of hydrogen-bond acceptors (Lipinski definition) is 4. The fourth-order valence-corrected chi connectivity index (χ4v) is 3.54. The molecule has 1 aromatic carbocycles. The molecule has 0 unspecified atom stereocenters. The monoisotopic (exact) mass is 330 g/mol. The smallest absolute Gasteiger partial charge is 0.308 e. The van der Waals surface area contributed by atoms with Crippen LogP contribution in [0, 0.1) is 5.92 Å². The highest BCUT2D eigenvalue weighted by Crippen LogP contribution is 2.43. The summed E-state index contributed by atoms with van der Waals surface area (Å²) in [5.41, 5.74) is 1.97. The molecule has 1 aromatic rings. The topological polar surface area (TPSA) is 52.6 Å². The molecule has 130 valence electrons. The van der Waals surface area contributed by atoms with Crippen molar-refractivity contribution in [3.63, 3.8) is 0 Å². The zero-order chi connectivity index (χ0) is 17.1. The van der Waals surface area contributed by atoms with Gasteiger partial charge in [-0.15, -0.1) is 0 Å². The first-order chi connectivity index (χ1) is 11.6. The summed E-state index contributed by atoms with van der Waals surface area (Å²) in [6.07, 6.45) is 5.86. The van der Waals surface area contributed by atoms with Gasteiger partial charge >= 0.3 is 5.97 Å². The van der Waals surface area contributed by atoms with Crippen LogP contribution in [0.2, 0.25) is 0 Å². The minimum atomic E-state index is -0.0715. The van der Waals surface area contributed by atoms with Gasteiger partial charge in [0.25, 0.3) is 0 Å². The summed E-state index contributed by atoms with van der Waals surface area (Å²) in [5, 5.41) is 0. The lowest BCUT2D eigenvalue weighted by molar-refractivity contribution is -0.149. The van der Waals surface area contributed by atoms with Crippen molar-refractivity contribution in [2.45, 2.75) is 64.4 Å². The lowest BCUT2D eigenvalue weighted by Crippen LogP contribution is -2.29. The van der Waals surface area contributed by atoms with Crippen molar-refractivity contribution in [1.82, 2.24) is 0 Å². The van der Waals surface area contributed by atoms with Crippen LogP contribution < -0.4 is 4.74 Å². The largest absolute Gasteiger partial charge is 0.490 e. The van der Waals surface area contributed by atoms with Gasteiger partial charge in [-0.3, -0.25) is 9.59 Å². The molecule has 2 fully saturated rings. The summed E-state index contributed by atoms with van der Waals surface area (Å²) in [4.78, 5) is 23.6. The number of hydrogen-bond donors (Lipinski definition) is 0. The van der Waals surface area contributed by atoms with E-state index in [4.69, 9.17) is 9.47 Å². The van der Waals surface area contributed by atoms with Gasteiger partial charge in [-0.05, 0) is 82.1 Å². The Bertz CT molecular complexity index is 610. The number of rotatable bonds is 6. The molecule has 0 bridgehead atoms. The van der Waals surface area contributed by atoms with E-state index in [1.165, 1.54) is 0 Å². The molecule has 2 aliphatic rings. The Morgan fingerprint density at radius 2 is 1.79 bits per heavy atom. The van der Waals surface area contributed by atoms with E-state index in [1.807, 2.05) is 25.1 Å². The van der Waals surface area contributed by atoms with E-state index in [9.17, 15) is 9.59 Å². The maximum Gasteiger partial charge on any atom is 0.308 e. The molecule has 3 rings (SSSR count). The van der Waals surface area contributed by atoms with Crippen LogP contribution in [0.25, 0.3) is 0 Å². The first-order valence-electron chi connectivity index (χ1n) is 9.06. The van der Waals surface area contributed by atoms with Gasteiger partial charge in [-0.1, -0.05) is 0 Å². The summed E-state index contributed by atoms with van der Waals surface area (Å²) in [6, 6.07) is 5.85. The van der Waals surface area contributed by atoms with Crippen LogP contribution in [0.15, 0.2) is 18.2 Å². The second kappa shape index (κ2) is 7.37. The Kier molecular flexibility index (Phi) is 5.22. The van der Waals surface area contributed by atoms with E-state index in [2.05, 4.69) is 0 Å². The standard InChI is InChI=1S/C20H26O4/c1-3-23-20(22)15-6-8-16(9-7-15)24-17-10-11-18(13(2)21)19(12-17)14-4-5-14/h10-12,14-16H,3-9H2,1-2H3/t15-,16+. The highest BCUT2D eigenvalue weighted by molar-refractivity contribution is 5.96. The van der Waals surface area contributed by atoms with Gasteiger partial charge in [0.15, 0.2) is 5.78 Å². The first kappa shape index (κ1) is 17.0. The Morgan fingerprint density at radius 1 is 1.08 bits per heavy atom. The maximum absolute atomic E-state index is 11.8. The Balaban J connectivity index is 1.60. The van der Waals surface area contributed by atoms with Gasteiger partial charge in [-0.25, -0.2) is 0 Å². The second-order valence-corrected chi connectivity index (χ2v) is 6.92. The number of Topliss-reactive ketones (excluding diaryl/α,β-unsaturated/α-hetero) is 1. The van der Waals surface area contributed by atoms with Crippen molar-refractivity contribution in [1.29, 1.82) is 0 Å². The third-order valence-corrected chi connectivity index (χ3v) is 5.02. The van der Waals surface area contributed by atoms with E-state index in [1.54, 1.807) is 6.92 Å². The van der Waals surface area contributed by atoms with Crippen LogP contribution >= 0.6 is 0 Å². The highest BCUT2D eigenvalue weighted by Gasteiger charge is 2.30. The van der Waals surface area contributed by atoms with Crippen molar-refractivity contribution in [2.24, 2.45) is 5.92 Å². The van der Waals surface area contributed by atoms with Crippen LogP contribution in [0.3, 0.4) is 0 Å². The summed E-state index contributed by atoms with van der Waals surface area (Å²) >= 11 is 0. The zero-order valence-corrected chi connectivity index (χ0v) is 14.5. The highest BCUT2D eigenvalue weighted by atomic mass is 16.5. The average Bonchev–Trinajstić information content (AvgIpc) is 3.40. The Labute approximate surface area is 143 Å². The summed E-state index contributed by atoms with van der Waals surface area (Å²) in [6.45, 7) is 3.91. The Morgan fingerprint density at radius 3 is 2.38 bits per heavy atom. The fourth-order valence-electron chi connectivity index (χ4n) is 3.54. The van der Waals surface area contributed by atoms with Gasteiger partial charge in [0.05, 0.1) is 18.6 Å². The van der Waals surface area contributed by atoms with Crippen LogP contribution in [0.5, 0.6) is 5.75 Å². The molecule has 0 heterocycles. The van der Waals surface area contributed by atoms with Crippen molar-refractivity contribution in [3.05, 3.63) is 29.3 Å². The van der Waals surface area contributed by atoms with Crippen LogP contribution in [-0.4, -0.2) is 24.5 Å². The molecule has 0 aliphatic heterocycles. The van der Waals surface area contributed by atoms with Gasteiger partial charge in [0.1, 0.15) is 5.75 Å². The predicted molar refractivity (Wildman–Crippen MR) is 91.4 cm³/mol. The van der Waals surface area contributed by atoms with E-state index in [-0.39, 0.29) is 23.8 Å². The molecule has 24 heavy (non-hydrogen) atoms. The number of benzene rings is 1. The first-order valence-corrected chi connectivity index (χ1v) is 9.06. The van der Waals surface area contributed by atoms with E-state index in [0.29, 0.717) is 12.5 Å². The third kappa shape index (κ3) is 3.97. The molecular weight excluding hydrogens is 304 g/mol. The van der Waals surface area contributed by atoms with E-state index < -0.39 is 0 Å². The molecule has 0 saturated heterocycles. The van der Waals surface area contributed by atoms with Crippen molar-refractivity contribution >= 4 is 11.8 Å². The molecular formula is C20H26O4. The van der Waals surface area contributed by atoms with Gasteiger partial charge < -0.3 is 9.47 Å². The lowest BCUT2D eigenvalue weighted by Gasteiger charge is -2.28. The lowest BCUT2D eigenvalue weighted by atomic mass is 9.87. The molecule has 0 amide bonds. The number of carbonyl (C=O) groups is 2. The third-order valence-electron chi connectivity index (χ3n) is 5.02. The minimum absolute atomic E-state index is 0.0203. The van der Waals surface area contributed by atoms with Crippen LogP contribution in [0.1, 0.15) is 74.2 Å². The van der Waals surface area contributed by atoms with Gasteiger partial charge in [-0.2, -0.15) is 0 Å².